The first kappa shape index (κ1) is 8.80. The number of hydrogen-bond donors (Lipinski definition) is 3. The Kier molecular flexibility index (Phi) is 2.50. The maximum atomic E-state index is 10.4. The SMILES string of the molecule is NC(C(=O)O)C1C=CC(O)=CC1. The van der Waals surface area contributed by atoms with Crippen LogP contribution in [0.4, 0.5) is 0 Å². The minimum absolute atomic E-state index is 0.170. The van der Waals surface area contributed by atoms with Gasteiger partial charge in [-0.1, -0.05) is 6.08 Å². The Morgan fingerprint density at radius 2 is 2.42 bits per heavy atom. The van der Waals surface area contributed by atoms with Crippen LogP contribution in [0.1, 0.15) is 6.42 Å². The molecule has 0 aromatic carbocycles. The normalized spacial score (nSPS) is 24.8. The topological polar surface area (TPSA) is 83.6 Å². The van der Waals surface area contributed by atoms with Gasteiger partial charge in [-0.15, -0.1) is 0 Å². The summed E-state index contributed by atoms with van der Waals surface area (Å²) in [6.45, 7) is 0. The minimum atomic E-state index is -1.01. The van der Waals surface area contributed by atoms with Crippen molar-refractivity contribution in [1.29, 1.82) is 0 Å². The fraction of sp³-hybridized carbons (Fsp3) is 0.375. The highest BCUT2D eigenvalue weighted by molar-refractivity contribution is 5.74. The van der Waals surface area contributed by atoms with E-state index in [4.69, 9.17) is 15.9 Å². The Labute approximate surface area is 70.0 Å². The van der Waals surface area contributed by atoms with Crippen molar-refractivity contribution < 1.29 is 15.0 Å². The predicted molar refractivity (Wildman–Crippen MR) is 43.6 cm³/mol. The molecule has 0 heterocycles. The molecular formula is C8H11NO3. The largest absolute Gasteiger partial charge is 0.508 e. The van der Waals surface area contributed by atoms with Crippen molar-refractivity contribution in [2.24, 2.45) is 11.7 Å². The van der Waals surface area contributed by atoms with E-state index < -0.39 is 12.0 Å². The zero-order valence-electron chi connectivity index (χ0n) is 6.47. The van der Waals surface area contributed by atoms with E-state index >= 15 is 0 Å². The molecule has 4 nitrogen and oxygen atoms in total. The maximum absolute atomic E-state index is 10.4. The summed E-state index contributed by atoms with van der Waals surface area (Å²) in [6, 6.07) is -0.884. The number of aliphatic hydroxyl groups is 1. The second kappa shape index (κ2) is 3.40. The Bertz CT molecular complexity index is 245. The van der Waals surface area contributed by atoms with Gasteiger partial charge in [0.15, 0.2) is 0 Å². The average molecular weight is 169 g/mol. The van der Waals surface area contributed by atoms with E-state index in [1.165, 1.54) is 6.08 Å². The molecule has 0 aromatic rings. The second-order valence-electron chi connectivity index (χ2n) is 2.75. The molecule has 4 N–H and O–H groups in total. The molecule has 0 radical (unpaired) electrons. The van der Waals surface area contributed by atoms with Crippen LogP contribution >= 0.6 is 0 Å². The van der Waals surface area contributed by atoms with Gasteiger partial charge in [0.1, 0.15) is 11.8 Å². The van der Waals surface area contributed by atoms with Crippen LogP contribution in [-0.4, -0.2) is 22.2 Å². The lowest BCUT2D eigenvalue weighted by atomic mass is 9.93. The average Bonchev–Trinajstić information content (AvgIpc) is 2.04. The fourth-order valence-corrected chi connectivity index (χ4v) is 1.08. The molecule has 12 heavy (non-hydrogen) atoms. The quantitative estimate of drug-likeness (QED) is 0.559. The summed E-state index contributed by atoms with van der Waals surface area (Å²) in [5.74, 6) is -1.05. The van der Waals surface area contributed by atoms with Gasteiger partial charge in [0.25, 0.3) is 0 Å². The Morgan fingerprint density at radius 1 is 1.75 bits per heavy atom. The zero-order valence-corrected chi connectivity index (χ0v) is 6.47. The van der Waals surface area contributed by atoms with E-state index in [2.05, 4.69) is 0 Å². The Balaban J connectivity index is 2.59. The lowest BCUT2D eigenvalue weighted by Gasteiger charge is -2.17. The monoisotopic (exact) mass is 169 g/mol. The molecule has 1 rings (SSSR count). The number of carbonyl (C=O) groups is 1. The van der Waals surface area contributed by atoms with Gasteiger partial charge in [-0.2, -0.15) is 0 Å². The lowest BCUT2D eigenvalue weighted by Crippen LogP contribution is -2.37. The summed E-state index contributed by atoms with van der Waals surface area (Å²) in [6.07, 6.45) is 5.13. The van der Waals surface area contributed by atoms with Gasteiger partial charge >= 0.3 is 5.97 Å². The van der Waals surface area contributed by atoms with Crippen molar-refractivity contribution in [2.75, 3.05) is 0 Å². The third kappa shape index (κ3) is 1.85. The van der Waals surface area contributed by atoms with E-state index in [0.717, 1.165) is 0 Å². The van der Waals surface area contributed by atoms with Crippen molar-refractivity contribution in [3.05, 3.63) is 24.0 Å². The molecule has 0 aliphatic heterocycles. The molecule has 0 saturated carbocycles. The van der Waals surface area contributed by atoms with E-state index in [0.29, 0.717) is 6.42 Å². The molecule has 0 saturated heterocycles. The van der Waals surface area contributed by atoms with Crippen LogP contribution in [0.2, 0.25) is 0 Å². The molecule has 0 fully saturated rings. The molecule has 66 valence electrons. The van der Waals surface area contributed by atoms with Gasteiger partial charge < -0.3 is 15.9 Å². The van der Waals surface area contributed by atoms with E-state index in [1.54, 1.807) is 12.2 Å². The third-order valence-corrected chi connectivity index (χ3v) is 1.86. The van der Waals surface area contributed by atoms with Gasteiger partial charge in [0, 0.05) is 5.92 Å². The maximum Gasteiger partial charge on any atom is 0.321 e. The van der Waals surface area contributed by atoms with Crippen LogP contribution in [0.5, 0.6) is 0 Å². The zero-order chi connectivity index (χ0) is 9.14. The van der Waals surface area contributed by atoms with Crippen LogP contribution in [0.15, 0.2) is 24.0 Å². The highest BCUT2D eigenvalue weighted by atomic mass is 16.4. The molecular weight excluding hydrogens is 158 g/mol. The van der Waals surface area contributed by atoms with Crippen LogP contribution in [-0.2, 0) is 4.79 Å². The number of carboxylic acid groups (broad SMARTS) is 1. The molecule has 4 heteroatoms. The Morgan fingerprint density at radius 3 is 2.83 bits per heavy atom. The van der Waals surface area contributed by atoms with Crippen molar-refractivity contribution in [2.45, 2.75) is 12.5 Å². The number of rotatable bonds is 2. The van der Waals surface area contributed by atoms with Gasteiger partial charge in [-0.25, -0.2) is 0 Å². The molecule has 1 aliphatic carbocycles. The van der Waals surface area contributed by atoms with E-state index in [1.807, 2.05) is 0 Å². The minimum Gasteiger partial charge on any atom is -0.508 e. The summed E-state index contributed by atoms with van der Waals surface area (Å²) in [5.41, 5.74) is 5.37. The van der Waals surface area contributed by atoms with E-state index in [-0.39, 0.29) is 11.7 Å². The number of hydrogen-bond acceptors (Lipinski definition) is 3. The van der Waals surface area contributed by atoms with Gasteiger partial charge in [0.05, 0.1) is 0 Å². The summed E-state index contributed by atoms with van der Waals surface area (Å²) >= 11 is 0. The molecule has 1 aliphatic rings. The molecule has 0 aromatic heterocycles. The summed E-state index contributed by atoms with van der Waals surface area (Å²) < 4.78 is 0. The molecule has 0 amide bonds. The highest BCUT2D eigenvalue weighted by Gasteiger charge is 2.22. The number of allylic oxidation sites excluding steroid dienone is 2. The first-order valence-corrected chi connectivity index (χ1v) is 3.67. The number of nitrogens with two attached hydrogens (primary N) is 1. The summed E-state index contributed by atoms with van der Waals surface area (Å²) in [5, 5.41) is 17.5. The van der Waals surface area contributed by atoms with Crippen LogP contribution in [0.3, 0.4) is 0 Å². The van der Waals surface area contributed by atoms with Gasteiger partial charge in [-0.05, 0) is 18.6 Å². The molecule has 0 spiro atoms. The predicted octanol–water partition coefficient (Wildman–Crippen LogP) is 0.416. The van der Waals surface area contributed by atoms with Crippen LogP contribution in [0.25, 0.3) is 0 Å². The third-order valence-electron chi connectivity index (χ3n) is 1.86. The first-order chi connectivity index (χ1) is 5.61. The van der Waals surface area contributed by atoms with Crippen molar-refractivity contribution in [3.8, 4) is 0 Å². The van der Waals surface area contributed by atoms with Gasteiger partial charge in [-0.3, -0.25) is 4.79 Å². The lowest BCUT2D eigenvalue weighted by molar-refractivity contribution is -0.139. The van der Waals surface area contributed by atoms with E-state index in [9.17, 15) is 4.79 Å². The highest BCUT2D eigenvalue weighted by Crippen LogP contribution is 2.17. The van der Waals surface area contributed by atoms with Crippen molar-refractivity contribution in [1.82, 2.24) is 0 Å². The number of carboxylic acids is 1. The van der Waals surface area contributed by atoms with Crippen LogP contribution < -0.4 is 5.73 Å². The molecule has 2 unspecified atom stereocenters. The van der Waals surface area contributed by atoms with Crippen molar-refractivity contribution in [3.63, 3.8) is 0 Å². The smallest absolute Gasteiger partial charge is 0.321 e. The fourth-order valence-electron chi connectivity index (χ4n) is 1.08. The van der Waals surface area contributed by atoms with Crippen LogP contribution in [0, 0.1) is 5.92 Å². The molecule has 0 bridgehead atoms. The van der Waals surface area contributed by atoms with Crippen molar-refractivity contribution >= 4 is 5.97 Å². The standard InChI is InChI=1S/C8H11NO3/c9-7(8(11)12)5-1-3-6(10)4-2-5/h1,3-5,7,10H,2,9H2,(H,11,12). The number of aliphatic hydroxyl groups excluding tert-OH is 1. The second-order valence-corrected chi connectivity index (χ2v) is 2.75. The van der Waals surface area contributed by atoms with Gasteiger partial charge in [0.2, 0.25) is 0 Å². The molecule has 2 atom stereocenters. The summed E-state index contributed by atoms with van der Waals surface area (Å²) in [4.78, 5) is 10.4. The Hall–Kier alpha value is -1.29. The number of aliphatic carboxylic acids is 1. The summed E-state index contributed by atoms with van der Waals surface area (Å²) in [7, 11) is 0. The first-order valence-electron chi connectivity index (χ1n) is 3.67.